The molecule has 1 aliphatic heterocycles. The molecular formula is C18H25N5. The van der Waals surface area contributed by atoms with E-state index < -0.39 is 0 Å². The Hall–Kier alpha value is -2.14. The number of anilines is 2. The molecule has 0 spiro atoms. The Kier molecular flexibility index (Phi) is 5.08. The van der Waals surface area contributed by atoms with Gasteiger partial charge in [-0.1, -0.05) is 0 Å². The van der Waals surface area contributed by atoms with Crippen molar-refractivity contribution in [3.05, 3.63) is 48.4 Å². The highest BCUT2D eigenvalue weighted by atomic mass is 15.2. The second-order valence-electron chi connectivity index (χ2n) is 6.32. The first-order valence-corrected chi connectivity index (χ1v) is 8.22. The van der Waals surface area contributed by atoms with Crippen molar-refractivity contribution in [1.29, 1.82) is 0 Å². The summed E-state index contributed by atoms with van der Waals surface area (Å²) in [5, 5.41) is 3.67. The maximum absolute atomic E-state index is 4.46. The first kappa shape index (κ1) is 15.7. The van der Waals surface area contributed by atoms with Crippen molar-refractivity contribution in [2.24, 2.45) is 0 Å². The molecule has 0 atom stereocenters. The van der Waals surface area contributed by atoms with Gasteiger partial charge in [0.05, 0.1) is 5.69 Å². The SMILES string of the molecule is CN(C)c1ncccc1NC1CCN(Cc2ccncc2)CC1. The smallest absolute Gasteiger partial charge is 0.151 e. The van der Waals surface area contributed by atoms with Crippen molar-refractivity contribution < 1.29 is 0 Å². The van der Waals surface area contributed by atoms with E-state index in [0.717, 1.165) is 44.0 Å². The lowest BCUT2D eigenvalue weighted by atomic mass is 10.0. The number of hydrogen-bond acceptors (Lipinski definition) is 5. The third-order valence-corrected chi connectivity index (χ3v) is 4.31. The minimum atomic E-state index is 0.520. The molecule has 2 aromatic rings. The lowest BCUT2D eigenvalue weighted by Gasteiger charge is -2.33. The van der Waals surface area contributed by atoms with Crippen LogP contribution < -0.4 is 10.2 Å². The minimum absolute atomic E-state index is 0.520. The summed E-state index contributed by atoms with van der Waals surface area (Å²) in [7, 11) is 4.07. The predicted molar refractivity (Wildman–Crippen MR) is 94.7 cm³/mol. The van der Waals surface area contributed by atoms with Crippen molar-refractivity contribution in [1.82, 2.24) is 14.9 Å². The first-order valence-electron chi connectivity index (χ1n) is 8.22. The van der Waals surface area contributed by atoms with Gasteiger partial charge in [-0.2, -0.15) is 0 Å². The standard InChI is InChI=1S/C18H25N5/c1-22(2)18-17(4-3-9-20-18)21-16-7-12-23(13-8-16)14-15-5-10-19-11-6-15/h3-6,9-11,16,21H,7-8,12-14H2,1-2H3. The van der Waals surface area contributed by atoms with Crippen LogP contribution in [0.15, 0.2) is 42.9 Å². The maximum Gasteiger partial charge on any atom is 0.151 e. The van der Waals surface area contributed by atoms with E-state index in [9.17, 15) is 0 Å². The molecular weight excluding hydrogens is 286 g/mol. The maximum atomic E-state index is 4.46. The van der Waals surface area contributed by atoms with Gasteiger partial charge in [0, 0.05) is 58.4 Å². The molecule has 1 saturated heterocycles. The van der Waals surface area contributed by atoms with Crippen molar-refractivity contribution in [3.8, 4) is 0 Å². The van der Waals surface area contributed by atoms with Crippen LogP contribution in [-0.2, 0) is 6.54 Å². The third kappa shape index (κ3) is 4.20. The number of nitrogens with zero attached hydrogens (tertiary/aromatic N) is 4. The summed E-state index contributed by atoms with van der Waals surface area (Å²) in [4.78, 5) is 13.1. The Morgan fingerprint density at radius 2 is 1.87 bits per heavy atom. The van der Waals surface area contributed by atoms with Crippen molar-refractivity contribution in [2.75, 3.05) is 37.4 Å². The summed E-state index contributed by atoms with van der Waals surface area (Å²) in [6, 6.07) is 8.83. The number of nitrogens with one attached hydrogen (secondary N) is 1. The molecule has 1 aliphatic rings. The molecule has 0 radical (unpaired) electrons. The van der Waals surface area contributed by atoms with Crippen LogP contribution >= 0.6 is 0 Å². The van der Waals surface area contributed by atoms with Crippen LogP contribution in [0.2, 0.25) is 0 Å². The third-order valence-electron chi connectivity index (χ3n) is 4.31. The zero-order valence-electron chi connectivity index (χ0n) is 13.9. The molecule has 0 saturated carbocycles. The number of aromatic nitrogens is 2. The van der Waals surface area contributed by atoms with E-state index in [2.05, 4.69) is 43.3 Å². The van der Waals surface area contributed by atoms with Gasteiger partial charge in [-0.25, -0.2) is 4.98 Å². The van der Waals surface area contributed by atoms with Gasteiger partial charge < -0.3 is 10.2 Å². The quantitative estimate of drug-likeness (QED) is 0.919. The highest BCUT2D eigenvalue weighted by molar-refractivity contribution is 5.65. The lowest BCUT2D eigenvalue weighted by molar-refractivity contribution is 0.211. The fraction of sp³-hybridized carbons (Fsp3) is 0.444. The van der Waals surface area contributed by atoms with E-state index in [1.54, 1.807) is 0 Å². The molecule has 0 aromatic carbocycles. The summed E-state index contributed by atoms with van der Waals surface area (Å²) >= 11 is 0. The van der Waals surface area contributed by atoms with Gasteiger partial charge in [-0.3, -0.25) is 9.88 Å². The fourth-order valence-corrected chi connectivity index (χ4v) is 3.07. The molecule has 1 N–H and O–H groups in total. The molecule has 5 heteroatoms. The minimum Gasteiger partial charge on any atom is -0.379 e. The molecule has 23 heavy (non-hydrogen) atoms. The van der Waals surface area contributed by atoms with Gasteiger partial charge in [-0.15, -0.1) is 0 Å². The number of hydrogen-bond donors (Lipinski definition) is 1. The van der Waals surface area contributed by atoms with Crippen LogP contribution in [0.25, 0.3) is 0 Å². The Morgan fingerprint density at radius 3 is 2.57 bits per heavy atom. The molecule has 0 unspecified atom stereocenters. The van der Waals surface area contributed by atoms with E-state index in [4.69, 9.17) is 0 Å². The average Bonchev–Trinajstić information content (AvgIpc) is 2.58. The van der Waals surface area contributed by atoms with Crippen molar-refractivity contribution in [2.45, 2.75) is 25.4 Å². The summed E-state index contributed by atoms with van der Waals surface area (Å²) in [5.74, 6) is 1.01. The molecule has 2 aromatic heterocycles. The molecule has 0 amide bonds. The Bertz CT molecular complexity index is 606. The van der Waals surface area contributed by atoms with E-state index in [1.807, 2.05) is 38.8 Å². The first-order chi connectivity index (χ1) is 11.2. The Balaban J connectivity index is 1.53. The predicted octanol–water partition coefficient (Wildman–Crippen LogP) is 2.62. The van der Waals surface area contributed by atoms with Crippen LogP contribution in [-0.4, -0.2) is 48.1 Å². The molecule has 122 valence electrons. The van der Waals surface area contributed by atoms with E-state index >= 15 is 0 Å². The summed E-state index contributed by atoms with van der Waals surface area (Å²) < 4.78 is 0. The highest BCUT2D eigenvalue weighted by Crippen LogP contribution is 2.24. The van der Waals surface area contributed by atoms with Crippen molar-refractivity contribution >= 4 is 11.5 Å². The van der Waals surface area contributed by atoms with Crippen LogP contribution in [0.4, 0.5) is 11.5 Å². The molecule has 5 nitrogen and oxygen atoms in total. The average molecular weight is 311 g/mol. The zero-order chi connectivity index (χ0) is 16.1. The fourth-order valence-electron chi connectivity index (χ4n) is 3.07. The van der Waals surface area contributed by atoms with Gasteiger partial charge in [0.2, 0.25) is 0 Å². The summed E-state index contributed by atoms with van der Waals surface area (Å²) in [5.41, 5.74) is 2.47. The van der Waals surface area contributed by atoms with Crippen LogP contribution in [0.1, 0.15) is 18.4 Å². The van der Waals surface area contributed by atoms with Crippen LogP contribution in [0.5, 0.6) is 0 Å². The van der Waals surface area contributed by atoms with Gasteiger partial charge in [0.1, 0.15) is 0 Å². The van der Waals surface area contributed by atoms with E-state index in [1.165, 1.54) is 5.56 Å². The number of pyridine rings is 2. The molecule has 0 aliphatic carbocycles. The largest absolute Gasteiger partial charge is 0.379 e. The second kappa shape index (κ2) is 7.42. The van der Waals surface area contributed by atoms with Crippen LogP contribution in [0, 0.1) is 0 Å². The highest BCUT2D eigenvalue weighted by Gasteiger charge is 2.20. The zero-order valence-corrected chi connectivity index (χ0v) is 13.9. The second-order valence-corrected chi connectivity index (χ2v) is 6.32. The lowest BCUT2D eigenvalue weighted by Crippen LogP contribution is -2.38. The molecule has 3 rings (SSSR count). The summed E-state index contributed by atoms with van der Waals surface area (Å²) in [6.07, 6.45) is 7.90. The molecule has 3 heterocycles. The Morgan fingerprint density at radius 1 is 1.13 bits per heavy atom. The van der Waals surface area contributed by atoms with Crippen LogP contribution in [0.3, 0.4) is 0 Å². The number of likely N-dealkylation sites (tertiary alicyclic amines) is 1. The monoisotopic (exact) mass is 311 g/mol. The van der Waals surface area contributed by atoms with Crippen molar-refractivity contribution in [3.63, 3.8) is 0 Å². The Labute approximate surface area is 138 Å². The van der Waals surface area contributed by atoms with Gasteiger partial charge in [0.15, 0.2) is 5.82 Å². The number of rotatable bonds is 5. The summed E-state index contributed by atoms with van der Waals surface area (Å²) in [6.45, 7) is 3.26. The van der Waals surface area contributed by atoms with Gasteiger partial charge in [-0.05, 0) is 42.7 Å². The molecule has 0 bridgehead atoms. The topological polar surface area (TPSA) is 44.3 Å². The molecule has 1 fully saturated rings. The van der Waals surface area contributed by atoms with E-state index in [0.29, 0.717) is 6.04 Å². The van der Waals surface area contributed by atoms with E-state index in [-0.39, 0.29) is 0 Å². The normalized spacial score (nSPS) is 16.3. The van der Waals surface area contributed by atoms with Gasteiger partial charge in [0.25, 0.3) is 0 Å². The van der Waals surface area contributed by atoms with Gasteiger partial charge >= 0.3 is 0 Å². The number of piperidine rings is 1.